The number of aryl methyl sites for hydroxylation is 1. The molecule has 1 aromatic heterocycles. The lowest BCUT2D eigenvalue weighted by atomic mass is 9.91. The number of aliphatic hydroxyl groups excluding tert-OH is 1. The fraction of sp³-hybridized carbons (Fsp3) is 0.250. The number of methoxy groups -OCH3 is 1. The lowest BCUT2D eigenvalue weighted by Crippen LogP contribution is -2.29. The number of halogens is 1. The fourth-order valence-electron chi connectivity index (χ4n) is 4.47. The van der Waals surface area contributed by atoms with Gasteiger partial charge in [-0.25, -0.2) is 4.39 Å². The third-order valence-corrected chi connectivity index (χ3v) is 6.30. The quantitative estimate of drug-likeness (QED) is 0.299. The first-order valence-corrected chi connectivity index (χ1v) is 11.3. The number of benzene rings is 2. The zero-order valence-corrected chi connectivity index (χ0v) is 20.1. The Morgan fingerprint density at radius 2 is 1.83 bits per heavy atom. The van der Waals surface area contributed by atoms with E-state index in [2.05, 4.69) is 4.98 Å². The standard InChI is InChI=1S/C28H27FN2O4/c1-16(2)20-14-21(17(3)13-23(20)35-4)26(32)24-25(19-7-5-6-8-22(19)29)31(28(34)27(24)33)15-18-9-11-30-12-10-18/h5-14,16,25,32H,15H2,1-4H3/b26-24+. The van der Waals surface area contributed by atoms with Gasteiger partial charge in [0.25, 0.3) is 11.7 Å². The number of amides is 1. The maximum atomic E-state index is 15.0. The van der Waals surface area contributed by atoms with E-state index in [1.54, 1.807) is 56.8 Å². The van der Waals surface area contributed by atoms with Crippen molar-refractivity contribution < 1.29 is 23.8 Å². The van der Waals surface area contributed by atoms with Crippen LogP contribution in [-0.4, -0.2) is 33.8 Å². The molecule has 0 radical (unpaired) electrons. The maximum Gasteiger partial charge on any atom is 0.295 e. The summed E-state index contributed by atoms with van der Waals surface area (Å²) in [6.45, 7) is 5.82. The molecule has 1 atom stereocenters. The molecule has 1 saturated heterocycles. The van der Waals surface area contributed by atoms with Gasteiger partial charge in [-0.3, -0.25) is 14.6 Å². The van der Waals surface area contributed by atoms with E-state index >= 15 is 4.39 Å². The molecule has 1 aliphatic heterocycles. The van der Waals surface area contributed by atoms with E-state index in [9.17, 15) is 14.7 Å². The number of ketones is 1. The van der Waals surface area contributed by atoms with Gasteiger partial charge < -0.3 is 14.7 Å². The van der Waals surface area contributed by atoms with Crippen molar-refractivity contribution in [3.05, 3.63) is 100 Å². The molecule has 1 unspecified atom stereocenters. The molecule has 4 rings (SSSR count). The molecule has 0 aliphatic carbocycles. The van der Waals surface area contributed by atoms with Crippen LogP contribution in [0.1, 0.15) is 53.6 Å². The zero-order chi connectivity index (χ0) is 25.3. The predicted octanol–water partition coefficient (Wildman–Crippen LogP) is 5.28. The highest BCUT2D eigenvalue weighted by Crippen LogP contribution is 2.42. The van der Waals surface area contributed by atoms with Gasteiger partial charge in [0.1, 0.15) is 17.3 Å². The number of Topliss-reactive ketones (excluding diaryl/α,β-unsaturated/α-hetero) is 1. The van der Waals surface area contributed by atoms with Crippen molar-refractivity contribution in [1.82, 2.24) is 9.88 Å². The third kappa shape index (κ3) is 4.41. The van der Waals surface area contributed by atoms with Gasteiger partial charge >= 0.3 is 0 Å². The molecule has 2 heterocycles. The second-order valence-corrected chi connectivity index (χ2v) is 8.87. The number of carbonyl (C=O) groups is 2. The van der Waals surface area contributed by atoms with Crippen LogP contribution in [0.15, 0.2) is 66.5 Å². The molecule has 1 fully saturated rings. The van der Waals surface area contributed by atoms with Crippen LogP contribution in [0.4, 0.5) is 4.39 Å². The van der Waals surface area contributed by atoms with E-state index in [0.717, 1.165) is 11.1 Å². The van der Waals surface area contributed by atoms with Crippen LogP contribution in [0.2, 0.25) is 0 Å². The van der Waals surface area contributed by atoms with Crippen LogP contribution < -0.4 is 4.74 Å². The van der Waals surface area contributed by atoms with E-state index in [1.165, 1.54) is 23.1 Å². The van der Waals surface area contributed by atoms with Crippen LogP contribution in [0.3, 0.4) is 0 Å². The highest BCUT2D eigenvalue weighted by molar-refractivity contribution is 6.46. The summed E-state index contributed by atoms with van der Waals surface area (Å²) >= 11 is 0. The lowest BCUT2D eigenvalue weighted by Gasteiger charge is -2.26. The molecule has 0 saturated carbocycles. The van der Waals surface area contributed by atoms with Crippen molar-refractivity contribution in [2.24, 2.45) is 0 Å². The minimum Gasteiger partial charge on any atom is -0.507 e. The zero-order valence-electron chi connectivity index (χ0n) is 20.1. The van der Waals surface area contributed by atoms with E-state index in [1.807, 2.05) is 13.8 Å². The Bertz CT molecular complexity index is 1320. The van der Waals surface area contributed by atoms with Crippen LogP contribution >= 0.6 is 0 Å². The second kappa shape index (κ2) is 9.70. The van der Waals surface area contributed by atoms with Crippen LogP contribution in [0.25, 0.3) is 5.76 Å². The van der Waals surface area contributed by atoms with Crippen molar-refractivity contribution >= 4 is 17.4 Å². The molecule has 0 bridgehead atoms. The summed E-state index contributed by atoms with van der Waals surface area (Å²) in [7, 11) is 1.57. The highest BCUT2D eigenvalue weighted by atomic mass is 19.1. The summed E-state index contributed by atoms with van der Waals surface area (Å²) in [5.41, 5.74) is 2.63. The topological polar surface area (TPSA) is 79.7 Å². The van der Waals surface area contributed by atoms with Gasteiger partial charge in [0.2, 0.25) is 0 Å². The van der Waals surface area contributed by atoms with Gasteiger partial charge in [0.15, 0.2) is 0 Å². The highest BCUT2D eigenvalue weighted by Gasteiger charge is 2.47. The molecule has 2 aromatic carbocycles. The largest absolute Gasteiger partial charge is 0.507 e. The molecular weight excluding hydrogens is 447 g/mol. The van der Waals surface area contributed by atoms with Crippen LogP contribution in [0, 0.1) is 12.7 Å². The van der Waals surface area contributed by atoms with E-state index in [0.29, 0.717) is 16.9 Å². The lowest BCUT2D eigenvalue weighted by molar-refractivity contribution is -0.140. The van der Waals surface area contributed by atoms with Crippen molar-refractivity contribution in [3.8, 4) is 5.75 Å². The average molecular weight is 475 g/mol. The Labute approximate surface area is 203 Å². The number of rotatable bonds is 6. The van der Waals surface area contributed by atoms with Gasteiger partial charge in [0.05, 0.1) is 18.7 Å². The minimum absolute atomic E-state index is 0.0573. The van der Waals surface area contributed by atoms with Gasteiger partial charge in [-0.1, -0.05) is 32.0 Å². The Morgan fingerprint density at radius 1 is 1.14 bits per heavy atom. The number of pyridine rings is 1. The van der Waals surface area contributed by atoms with Gasteiger partial charge in [-0.2, -0.15) is 0 Å². The molecule has 1 aliphatic rings. The molecule has 35 heavy (non-hydrogen) atoms. The molecule has 1 amide bonds. The summed E-state index contributed by atoms with van der Waals surface area (Å²) in [4.78, 5) is 31.8. The Morgan fingerprint density at radius 3 is 2.46 bits per heavy atom. The molecule has 0 spiro atoms. The molecule has 6 nitrogen and oxygen atoms in total. The number of aromatic nitrogens is 1. The summed E-state index contributed by atoms with van der Waals surface area (Å²) in [6, 6.07) is 11.9. The number of likely N-dealkylation sites (tertiary alicyclic amines) is 1. The molecule has 1 N–H and O–H groups in total. The molecule has 180 valence electrons. The SMILES string of the molecule is COc1cc(C)c(/C(O)=C2\C(=O)C(=O)N(Cc3ccncc3)C2c2ccccc2F)cc1C(C)C. The predicted molar refractivity (Wildman–Crippen MR) is 130 cm³/mol. The normalized spacial score (nSPS) is 17.3. The first-order chi connectivity index (χ1) is 16.7. The van der Waals surface area contributed by atoms with Crippen molar-refractivity contribution in [2.45, 2.75) is 39.3 Å². The number of carbonyl (C=O) groups excluding carboxylic acids is 2. The number of aliphatic hydroxyl groups is 1. The maximum absolute atomic E-state index is 15.0. The smallest absolute Gasteiger partial charge is 0.295 e. The van der Waals surface area contributed by atoms with E-state index in [-0.39, 0.29) is 29.4 Å². The minimum atomic E-state index is -1.09. The van der Waals surface area contributed by atoms with Crippen LogP contribution in [-0.2, 0) is 16.1 Å². The Balaban J connectivity index is 1.94. The van der Waals surface area contributed by atoms with Crippen molar-refractivity contribution in [3.63, 3.8) is 0 Å². The van der Waals surface area contributed by atoms with Gasteiger partial charge in [-0.05, 0) is 59.9 Å². The van der Waals surface area contributed by atoms with E-state index in [4.69, 9.17) is 4.74 Å². The third-order valence-electron chi connectivity index (χ3n) is 6.30. The Hall–Kier alpha value is -4.00. The van der Waals surface area contributed by atoms with Crippen LogP contribution in [0.5, 0.6) is 5.75 Å². The summed E-state index contributed by atoms with van der Waals surface area (Å²) < 4.78 is 20.5. The number of ether oxygens (including phenoxy) is 1. The fourth-order valence-corrected chi connectivity index (χ4v) is 4.47. The average Bonchev–Trinajstić information content (AvgIpc) is 3.09. The second-order valence-electron chi connectivity index (χ2n) is 8.87. The number of nitrogens with zero attached hydrogens (tertiary/aromatic N) is 2. The van der Waals surface area contributed by atoms with E-state index < -0.39 is 23.5 Å². The van der Waals surface area contributed by atoms with Crippen molar-refractivity contribution in [1.29, 1.82) is 0 Å². The number of hydrogen-bond acceptors (Lipinski definition) is 5. The number of hydrogen-bond donors (Lipinski definition) is 1. The van der Waals surface area contributed by atoms with Gasteiger partial charge in [0, 0.05) is 30.1 Å². The Kier molecular flexibility index (Phi) is 6.69. The first kappa shape index (κ1) is 24.1. The van der Waals surface area contributed by atoms with Gasteiger partial charge in [-0.15, -0.1) is 0 Å². The summed E-state index contributed by atoms with van der Waals surface area (Å²) in [5.74, 6) is -1.82. The molecule has 3 aromatic rings. The first-order valence-electron chi connectivity index (χ1n) is 11.3. The monoisotopic (exact) mass is 474 g/mol. The summed E-state index contributed by atoms with van der Waals surface area (Å²) in [6.07, 6.45) is 3.16. The molecule has 7 heteroatoms. The molecular formula is C28H27FN2O4. The van der Waals surface area contributed by atoms with Crippen molar-refractivity contribution in [2.75, 3.05) is 7.11 Å². The summed E-state index contributed by atoms with van der Waals surface area (Å²) in [5, 5.41) is 11.5.